The molecule has 96 valence electrons. The molecule has 0 aromatic rings. The summed E-state index contributed by atoms with van der Waals surface area (Å²) in [5.41, 5.74) is 5.36. The van der Waals surface area contributed by atoms with Crippen LogP contribution in [-0.4, -0.2) is 73.6 Å². The van der Waals surface area contributed by atoms with Crippen molar-refractivity contribution in [3.8, 4) is 0 Å². The van der Waals surface area contributed by atoms with Gasteiger partial charge in [0.2, 0.25) is 5.91 Å². The first-order valence-electron chi connectivity index (χ1n) is 5.95. The molecule has 2 saturated heterocycles. The number of nitrogens with zero attached hydrogens (tertiary/aromatic N) is 2. The molecular formula is C10H19N5O2. The summed E-state index contributed by atoms with van der Waals surface area (Å²) in [6.45, 7) is 5.05. The van der Waals surface area contributed by atoms with Crippen molar-refractivity contribution in [3.05, 3.63) is 0 Å². The van der Waals surface area contributed by atoms with Crippen LogP contribution in [0.3, 0.4) is 0 Å². The minimum Gasteiger partial charge on any atom is -0.368 e. The van der Waals surface area contributed by atoms with Crippen molar-refractivity contribution in [2.24, 2.45) is 5.73 Å². The lowest BCUT2D eigenvalue weighted by molar-refractivity contribution is -0.123. The van der Waals surface area contributed by atoms with Crippen LogP contribution >= 0.6 is 0 Å². The molecule has 0 aliphatic carbocycles. The smallest absolute Gasteiger partial charge is 0.317 e. The molecule has 0 spiro atoms. The Bertz CT molecular complexity index is 309. The van der Waals surface area contributed by atoms with Crippen molar-refractivity contribution in [2.75, 3.05) is 45.8 Å². The van der Waals surface area contributed by atoms with Crippen LogP contribution < -0.4 is 16.4 Å². The third-order valence-electron chi connectivity index (χ3n) is 3.28. The van der Waals surface area contributed by atoms with Gasteiger partial charge in [0.25, 0.3) is 0 Å². The van der Waals surface area contributed by atoms with Crippen LogP contribution in [0.15, 0.2) is 0 Å². The molecule has 2 aliphatic heterocycles. The third-order valence-corrected chi connectivity index (χ3v) is 3.28. The average molecular weight is 241 g/mol. The summed E-state index contributed by atoms with van der Waals surface area (Å²) < 4.78 is 0. The Kier molecular flexibility index (Phi) is 3.80. The van der Waals surface area contributed by atoms with Crippen LogP contribution in [0.4, 0.5) is 4.79 Å². The molecule has 0 aromatic carbocycles. The molecule has 7 nitrogen and oxygen atoms in total. The second kappa shape index (κ2) is 5.33. The zero-order valence-corrected chi connectivity index (χ0v) is 9.82. The maximum absolute atomic E-state index is 11.4. The van der Waals surface area contributed by atoms with Gasteiger partial charge in [-0.3, -0.25) is 9.69 Å². The fourth-order valence-electron chi connectivity index (χ4n) is 2.27. The quantitative estimate of drug-likeness (QED) is 0.519. The number of carbonyl (C=O) groups is 2. The molecule has 3 amide bonds. The molecule has 2 heterocycles. The average Bonchev–Trinajstić information content (AvgIpc) is 2.72. The number of nitrogens with two attached hydrogens (primary N) is 1. The van der Waals surface area contributed by atoms with Gasteiger partial charge >= 0.3 is 6.03 Å². The number of piperazine rings is 1. The first-order chi connectivity index (χ1) is 8.18. The van der Waals surface area contributed by atoms with Crippen LogP contribution in [0.5, 0.6) is 0 Å². The predicted molar refractivity (Wildman–Crippen MR) is 62.4 cm³/mol. The molecule has 1 unspecified atom stereocenters. The van der Waals surface area contributed by atoms with E-state index in [-0.39, 0.29) is 18.0 Å². The second-order valence-corrected chi connectivity index (χ2v) is 4.38. The monoisotopic (exact) mass is 241 g/mol. The highest BCUT2D eigenvalue weighted by Gasteiger charge is 2.28. The Labute approximate surface area is 100 Å². The Hall–Kier alpha value is -1.34. The number of carbonyl (C=O) groups excluding carboxylic acids is 2. The summed E-state index contributed by atoms with van der Waals surface area (Å²) >= 11 is 0. The second-order valence-electron chi connectivity index (χ2n) is 4.38. The molecule has 0 saturated carbocycles. The van der Waals surface area contributed by atoms with Crippen LogP contribution in [0, 0.1) is 0 Å². The zero-order valence-electron chi connectivity index (χ0n) is 9.82. The maximum Gasteiger partial charge on any atom is 0.317 e. The van der Waals surface area contributed by atoms with Crippen LogP contribution in [0.25, 0.3) is 0 Å². The van der Waals surface area contributed by atoms with E-state index in [2.05, 4.69) is 10.6 Å². The van der Waals surface area contributed by atoms with Crippen molar-refractivity contribution >= 4 is 11.9 Å². The molecule has 1 atom stereocenters. The van der Waals surface area contributed by atoms with E-state index in [1.165, 1.54) is 0 Å². The van der Waals surface area contributed by atoms with Crippen molar-refractivity contribution in [1.29, 1.82) is 0 Å². The molecule has 4 N–H and O–H groups in total. The highest BCUT2D eigenvalue weighted by atomic mass is 16.2. The summed E-state index contributed by atoms with van der Waals surface area (Å²) in [5, 5.41) is 5.90. The van der Waals surface area contributed by atoms with E-state index in [0.717, 1.165) is 19.6 Å². The summed E-state index contributed by atoms with van der Waals surface area (Å²) in [5.74, 6) is -0.303. The number of rotatable bonds is 4. The van der Waals surface area contributed by atoms with Gasteiger partial charge in [0.15, 0.2) is 0 Å². The van der Waals surface area contributed by atoms with E-state index >= 15 is 0 Å². The fourth-order valence-corrected chi connectivity index (χ4v) is 2.27. The van der Waals surface area contributed by atoms with Gasteiger partial charge < -0.3 is 21.3 Å². The Morgan fingerprint density at radius 3 is 2.82 bits per heavy atom. The molecule has 2 fully saturated rings. The highest BCUT2D eigenvalue weighted by molar-refractivity contribution is 5.80. The first kappa shape index (κ1) is 12.1. The van der Waals surface area contributed by atoms with Gasteiger partial charge in [-0.25, -0.2) is 4.79 Å². The van der Waals surface area contributed by atoms with Crippen molar-refractivity contribution in [1.82, 2.24) is 20.4 Å². The lowest BCUT2D eigenvalue weighted by Crippen LogP contribution is -2.58. The number of amides is 3. The largest absolute Gasteiger partial charge is 0.368 e. The molecule has 2 aliphatic rings. The minimum atomic E-state index is -0.303. The summed E-state index contributed by atoms with van der Waals surface area (Å²) in [7, 11) is 0. The van der Waals surface area contributed by atoms with Crippen molar-refractivity contribution in [2.45, 2.75) is 6.04 Å². The number of nitrogens with one attached hydrogen (secondary N) is 2. The van der Waals surface area contributed by atoms with Gasteiger partial charge in [0.05, 0.1) is 0 Å². The zero-order chi connectivity index (χ0) is 12.3. The topological polar surface area (TPSA) is 90.7 Å². The normalized spacial score (nSPS) is 26.0. The van der Waals surface area contributed by atoms with Crippen LogP contribution in [0.1, 0.15) is 0 Å². The lowest BCUT2D eigenvalue weighted by Gasteiger charge is -2.34. The number of hydrogen-bond donors (Lipinski definition) is 3. The van der Waals surface area contributed by atoms with E-state index in [0.29, 0.717) is 26.2 Å². The molecular weight excluding hydrogens is 222 g/mol. The first-order valence-corrected chi connectivity index (χ1v) is 5.95. The minimum absolute atomic E-state index is 0.0178. The van der Waals surface area contributed by atoms with Gasteiger partial charge in [-0.2, -0.15) is 0 Å². The molecule has 2 rings (SSSR count). The molecule has 0 radical (unpaired) electrons. The van der Waals surface area contributed by atoms with E-state index in [1.54, 1.807) is 4.90 Å². The van der Waals surface area contributed by atoms with E-state index < -0.39 is 0 Å². The molecule has 7 heteroatoms. The molecule has 0 bridgehead atoms. The van der Waals surface area contributed by atoms with Gasteiger partial charge in [0, 0.05) is 45.8 Å². The van der Waals surface area contributed by atoms with E-state index in [1.807, 2.05) is 4.90 Å². The van der Waals surface area contributed by atoms with Crippen LogP contribution in [0.2, 0.25) is 0 Å². The van der Waals surface area contributed by atoms with Gasteiger partial charge in [-0.15, -0.1) is 0 Å². The van der Waals surface area contributed by atoms with Gasteiger partial charge in [-0.05, 0) is 0 Å². The molecule has 17 heavy (non-hydrogen) atoms. The Morgan fingerprint density at radius 1 is 1.35 bits per heavy atom. The summed E-state index contributed by atoms with van der Waals surface area (Å²) in [4.78, 5) is 26.4. The van der Waals surface area contributed by atoms with Gasteiger partial charge in [-0.1, -0.05) is 0 Å². The number of urea groups is 1. The van der Waals surface area contributed by atoms with Crippen LogP contribution in [-0.2, 0) is 4.79 Å². The van der Waals surface area contributed by atoms with E-state index in [4.69, 9.17) is 5.73 Å². The van der Waals surface area contributed by atoms with Crippen molar-refractivity contribution in [3.63, 3.8) is 0 Å². The lowest BCUT2D eigenvalue weighted by atomic mass is 10.2. The SMILES string of the molecule is NC(=O)C1CNCCN1CCN1CCNC1=O. The summed E-state index contributed by atoms with van der Waals surface area (Å²) in [6, 6.07) is -0.273. The Balaban J connectivity index is 1.83. The number of primary amides is 1. The molecule has 0 aromatic heterocycles. The summed E-state index contributed by atoms with van der Waals surface area (Å²) in [6.07, 6.45) is 0. The maximum atomic E-state index is 11.4. The van der Waals surface area contributed by atoms with E-state index in [9.17, 15) is 9.59 Å². The Morgan fingerprint density at radius 2 is 2.18 bits per heavy atom. The van der Waals surface area contributed by atoms with Crippen molar-refractivity contribution < 1.29 is 9.59 Å². The standard InChI is InChI=1S/C10H19N5O2/c11-9(16)8-7-12-1-3-14(8)5-6-15-4-2-13-10(15)17/h8,12H,1-7H2,(H2,11,16)(H,13,17). The third kappa shape index (κ3) is 2.86. The fraction of sp³-hybridized carbons (Fsp3) is 0.800. The number of hydrogen-bond acceptors (Lipinski definition) is 4. The van der Waals surface area contributed by atoms with Gasteiger partial charge in [0.1, 0.15) is 6.04 Å². The predicted octanol–water partition coefficient (Wildman–Crippen LogP) is -2.23. The highest BCUT2D eigenvalue weighted by Crippen LogP contribution is 2.04.